The molecule has 0 spiro atoms. The molecule has 1 aliphatic carbocycles. The average molecular weight is 301 g/mol. The number of nitrogens with one attached hydrogen (secondary N) is 1. The lowest BCUT2D eigenvalue weighted by atomic mass is 9.87. The third-order valence-electron chi connectivity index (χ3n) is 3.94. The van der Waals surface area contributed by atoms with Crippen molar-refractivity contribution in [3.8, 4) is 0 Å². The standard InChI is InChI=1S/C18H23NO3/c1-14-7-10-16(11-8-14)19-17(20)13-22-18(21)12-9-15-5-3-2-4-6-15/h2-6,9,12,14,16H,7-8,10-11,13H2,1H3,(H,19,20)/b12-9+. The first-order chi connectivity index (χ1) is 10.6. The van der Waals surface area contributed by atoms with Crippen LogP contribution >= 0.6 is 0 Å². The van der Waals surface area contributed by atoms with Gasteiger partial charge in [0, 0.05) is 12.1 Å². The van der Waals surface area contributed by atoms with Crippen molar-refractivity contribution < 1.29 is 14.3 Å². The van der Waals surface area contributed by atoms with Crippen molar-refractivity contribution in [1.29, 1.82) is 0 Å². The van der Waals surface area contributed by atoms with Crippen LogP contribution in [0.1, 0.15) is 38.2 Å². The summed E-state index contributed by atoms with van der Waals surface area (Å²) in [6.07, 6.45) is 7.31. The van der Waals surface area contributed by atoms with E-state index in [1.807, 2.05) is 30.3 Å². The first-order valence-corrected chi connectivity index (χ1v) is 7.82. The summed E-state index contributed by atoms with van der Waals surface area (Å²) in [6.45, 7) is 2.02. The Labute approximate surface area is 131 Å². The lowest BCUT2D eigenvalue weighted by Crippen LogP contribution is -2.39. The van der Waals surface area contributed by atoms with Gasteiger partial charge in [0.1, 0.15) is 0 Å². The molecule has 0 heterocycles. The number of rotatable bonds is 5. The Bertz CT molecular complexity index is 516. The molecule has 0 atom stereocenters. The Kier molecular flexibility index (Phi) is 6.19. The summed E-state index contributed by atoms with van der Waals surface area (Å²) in [5, 5.41) is 2.93. The minimum Gasteiger partial charge on any atom is -0.452 e. The van der Waals surface area contributed by atoms with E-state index >= 15 is 0 Å². The number of amides is 1. The summed E-state index contributed by atoms with van der Waals surface area (Å²) in [4.78, 5) is 23.3. The summed E-state index contributed by atoms with van der Waals surface area (Å²) >= 11 is 0. The van der Waals surface area contributed by atoms with Gasteiger partial charge in [-0.05, 0) is 43.2 Å². The second-order valence-corrected chi connectivity index (χ2v) is 5.88. The normalized spacial score (nSPS) is 21.5. The van der Waals surface area contributed by atoms with Crippen LogP contribution in [0.15, 0.2) is 36.4 Å². The van der Waals surface area contributed by atoms with Gasteiger partial charge in [0.25, 0.3) is 5.91 Å². The monoisotopic (exact) mass is 301 g/mol. The summed E-state index contributed by atoms with van der Waals surface area (Å²) < 4.78 is 4.95. The molecule has 0 unspecified atom stereocenters. The molecule has 22 heavy (non-hydrogen) atoms. The fourth-order valence-corrected chi connectivity index (χ4v) is 2.59. The molecule has 1 N–H and O–H groups in total. The van der Waals surface area contributed by atoms with Crippen molar-refractivity contribution in [1.82, 2.24) is 5.32 Å². The van der Waals surface area contributed by atoms with E-state index in [0.29, 0.717) is 0 Å². The van der Waals surface area contributed by atoms with Crippen LogP contribution in [-0.4, -0.2) is 24.5 Å². The predicted octanol–water partition coefficient (Wildman–Crippen LogP) is 2.94. The Morgan fingerprint density at radius 1 is 1.18 bits per heavy atom. The van der Waals surface area contributed by atoms with E-state index in [1.165, 1.54) is 6.08 Å². The fourth-order valence-electron chi connectivity index (χ4n) is 2.59. The minimum absolute atomic E-state index is 0.218. The second kappa shape index (κ2) is 8.37. The molecule has 4 nitrogen and oxygen atoms in total. The molecular weight excluding hydrogens is 278 g/mol. The van der Waals surface area contributed by atoms with E-state index in [9.17, 15) is 9.59 Å². The number of ether oxygens (including phenoxy) is 1. The van der Waals surface area contributed by atoms with E-state index in [-0.39, 0.29) is 18.6 Å². The second-order valence-electron chi connectivity index (χ2n) is 5.88. The Morgan fingerprint density at radius 3 is 2.55 bits per heavy atom. The van der Waals surface area contributed by atoms with Gasteiger partial charge >= 0.3 is 5.97 Å². The van der Waals surface area contributed by atoms with Crippen molar-refractivity contribution >= 4 is 18.0 Å². The van der Waals surface area contributed by atoms with Gasteiger partial charge in [-0.1, -0.05) is 37.3 Å². The van der Waals surface area contributed by atoms with Crippen molar-refractivity contribution in [2.24, 2.45) is 5.92 Å². The van der Waals surface area contributed by atoms with Crippen LogP contribution < -0.4 is 5.32 Å². The van der Waals surface area contributed by atoms with Crippen LogP contribution in [0.5, 0.6) is 0 Å². The van der Waals surface area contributed by atoms with Crippen LogP contribution in [-0.2, 0) is 14.3 Å². The molecule has 0 aliphatic heterocycles. The highest BCUT2D eigenvalue weighted by Crippen LogP contribution is 2.23. The number of esters is 1. The number of carbonyl (C=O) groups is 2. The molecule has 1 aromatic rings. The highest BCUT2D eigenvalue weighted by Gasteiger charge is 2.19. The van der Waals surface area contributed by atoms with E-state index in [4.69, 9.17) is 4.74 Å². The zero-order chi connectivity index (χ0) is 15.8. The average Bonchev–Trinajstić information content (AvgIpc) is 2.54. The third kappa shape index (κ3) is 5.72. The lowest BCUT2D eigenvalue weighted by Gasteiger charge is -2.26. The number of carbonyl (C=O) groups excluding carboxylic acids is 2. The Hall–Kier alpha value is -2.10. The summed E-state index contributed by atoms with van der Waals surface area (Å²) in [6, 6.07) is 9.70. The summed E-state index contributed by atoms with van der Waals surface area (Å²) in [5.41, 5.74) is 0.917. The lowest BCUT2D eigenvalue weighted by molar-refractivity contribution is -0.144. The Balaban J connectivity index is 1.67. The molecule has 1 amide bonds. The number of benzene rings is 1. The molecule has 2 rings (SSSR count). The zero-order valence-electron chi connectivity index (χ0n) is 13.0. The maximum absolute atomic E-state index is 11.8. The van der Waals surface area contributed by atoms with Gasteiger partial charge < -0.3 is 10.1 Å². The van der Waals surface area contributed by atoms with Crippen molar-refractivity contribution in [2.45, 2.75) is 38.6 Å². The molecule has 0 bridgehead atoms. The fraction of sp³-hybridized carbons (Fsp3) is 0.444. The molecule has 118 valence electrons. The molecule has 1 saturated carbocycles. The van der Waals surface area contributed by atoms with Crippen molar-refractivity contribution in [2.75, 3.05) is 6.61 Å². The van der Waals surface area contributed by atoms with Crippen LogP contribution in [0.2, 0.25) is 0 Å². The summed E-state index contributed by atoms with van der Waals surface area (Å²) in [7, 11) is 0. The molecule has 0 aromatic heterocycles. The number of hydrogen-bond donors (Lipinski definition) is 1. The maximum Gasteiger partial charge on any atom is 0.331 e. The van der Waals surface area contributed by atoms with Gasteiger partial charge in [0.15, 0.2) is 6.61 Å². The van der Waals surface area contributed by atoms with Crippen LogP contribution in [0.25, 0.3) is 6.08 Å². The molecular formula is C18H23NO3. The van der Waals surface area contributed by atoms with Gasteiger partial charge in [0.05, 0.1) is 0 Å². The highest BCUT2D eigenvalue weighted by molar-refractivity contribution is 5.89. The third-order valence-corrected chi connectivity index (χ3v) is 3.94. The van der Waals surface area contributed by atoms with Crippen molar-refractivity contribution in [3.05, 3.63) is 42.0 Å². The smallest absolute Gasteiger partial charge is 0.331 e. The van der Waals surface area contributed by atoms with E-state index in [0.717, 1.165) is 37.2 Å². The maximum atomic E-state index is 11.8. The molecule has 4 heteroatoms. The van der Waals surface area contributed by atoms with Gasteiger partial charge in [-0.3, -0.25) is 4.79 Å². The van der Waals surface area contributed by atoms with E-state index in [2.05, 4.69) is 12.2 Å². The predicted molar refractivity (Wildman–Crippen MR) is 86.0 cm³/mol. The highest BCUT2D eigenvalue weighted by atomic mass is 16.5. The van der Waals surface area contributed by atoms with Gasteiger partial charge in [-0.2, -0.15) is 0 Å². The first kappa shape index (κ1) is 16.3. The summed E-state index contributed by atoms with van der Waals surface area (Å²) in [5.74, 6) is 0.0198. The molecule has 1 fully saturated rings. The van der Waals surface area contributed by atoms with Gasteiger partial charge in [-0.15, -0.1) is 0 Å². The SMILES string of the molecule is CC1CCC(NC(=O)COC(=O)/C=C/c2ccccc2)CC1. The van der Waals surface area contributed by atoms with E-state index in [1.54, 1.807) is 6.08 Å². The van der Waals surface area contributed by atoms with E-state index < -0.39 is 5.97 Å². The topological polar surface area (TPSA) is 55.4 Å². The molecule has 1 aromatic carbocycles. The van der Waals surface area contributed by atoms with Crippen LogP contribution in [0.3, 0.4) is 0 Å². The van der Waals surface area contributed by atoms with Gasteiger partial charge in [-0.25, -0.2) is 4.79 Å². The largest absolute Gasteiger partial charge is 0.452 e. The number of hydrogen-bond acceptors (Lipinski definition) is 3. The molecule has 0 radical (unpaired) electrons. The minimum atomic E-state index is -0.503. The quantitative estimate of drug-likeness (QED) is 0.672. The van der Waals surface area contributed by atoms with Crippen LogP contribution in [0.4, 0.5) is 0 Å². The van der Waals surface area contributed by atoms with Crippen molar-refractivity contribution in [3.63, 3.8) is 0 Å². The molecule has 1 aliphatic rings. The van der Waals surface area contributed by atoms with Gasteiger partial charge in [0.2, 0.25) is 0 Å². The molecule has 0 saturated heterocycles. The zero-order valence-corrected chi connectivity index (χ0v) is 13.0. The van der Waals surface area contributed by atoms with Crippen LogP contribution in [0, 0.1) is 5.92 Å². The first-order valence-electron chi connectivity index (χ1n) is 7.82. The Morgan fingerprint density at radius 2 is 1.86 bits per heavy atom.